The summed E-state index contributed by atoms with van der Waals surface area (Å²) >= 11 is 0. The summed E-state index contributed by atoms with van der Waals surface area (Å²) in [4.78, 5) is 31.7. The molecule has 1 aliphatic rings. The first kappa shape index (κ1) is 26.2. The number of halogens is 3. The number of likely N-dealkylation sites (tertiary alicyclic amines) is 1. The number of pyridine rings is 1. The maximum Gasteiger partial charge on any atom is 0.416 e. The second kappa shape index (κ2) is 10.5. The number of carbonyl (C=O) groups is 2. The number of aliphatic carboxylic acids is 1. The number of carbonyl (C=O) groups excluding carboxylic acids is 1. The molecule has 0 aliphatic carbocycles. The molecule has 0 saturated carbocycles. The van der Waals surface area contributed by atoms with Crippen LogP contribution in [0.3, 0.4) is 0 Å². The predicted molar refractivity (Wildman–Crippen MR) is 125 cm³/mol. The van der Waals surface area contributed by atoms with Gasteiger partial charge in [-0.1, -0.05) is 12.1 Å². The van der Waals surface area contributed by atoms with Crippen molar-refractivity contribution >= 4 is 24.0 Å². The summed E-state index contributed by atoms with van der Waals surface area (Å²) < 4.78 is 44.1. The molecule has 0 bridgehead atoms. The van der Waals surface area contributed by atoms with Crippen LogP contribution in [0.2, 0.25) is 0 Å². The van der Waals surface area contributed by atoms with Crippen LogP contribution in [0.5, 0.6) is 0 Å². The van der Waals surface area contributed by atoms with Gasteiger partial charge in [-0.25, -0.2) is 14.6 Å². The van der Waals surface area contributed by atoms with Gasteiger partial charge in [-0.05, 0) is 68.7 Å². The number of hydrogen-bond acceptors (Lipinski definition) is 5. The van der Waals surface area contributed by atoms with E-state index in [0.29, 0.717) is 37.4 Å². The molecule has 188 valence electrons. The smallest absolute Gasteiger partial charge is 0.416 e. The van der Waals surface area contributed by atoms with E-state index in [1.165, 1.54) is 29.3 Å². The molecule has 1 aliphatic heterocycles. The minimum Gasteiger partial charge on any atom is -0.478 e. The zero-order valence-corrected chi connectivity index (χ0v) is 19.7. The normalized spacial score (nSPS) is 17.0. The molecule has 1 N–H and O–H groups in total. The summed E-state index contributed by atoms with van der Waals surface area (Å²) in [7, 11) is 0. The van der Waals surface area contributed by atoms with Gasteiger partial charge in [0.05, 0.1) is 11.6 Å². The number of carboxylic acids is 1. The highest BCUT2D eigenvalue weighted by molar-refractivity contribution is 5.88. The first-order chi connectivity index (χ1) is 16.3. The maximum atomic E-state index is 13.1. The Morgan fingerprint density at radius 3 is 2.40 bits per heavy atom. The van der Waals surface area contributed by atoms with Crippen molar-refractivity contribution < 1.29 is 32.6 Å². The molecule has 3 rings (SSSR count). The van der Waals surface area contributed by atoms with E-state index in [1.807, 2.05) is 0 Å². The van der Waals surface area contributed by atoms with E-state index in [-0.39, 0.29) is 6.04 Å². The van der Waals surface area contributed by atoms with Crippen LogP contribution in [0, 0.1) is 0 Å². The highest BCUT2D eigenvalue weighted by atomic mass is 19.4. The Kier molecular flexibility index (Phi) is 7.84. The molecule has 1 aromatic carbocycles. The van der Waals surface area contributed by atoms with E-state index >= 15 is 0 Å². The maximum absolute atomic E-state index is 13.1. The van der Waals surface area contributed by atoms with Crippen molar-refractivity contribution in [2.45, 2.75) is 51.6 Å². The van der Waals surface area contributed by atoms with Crippen molar-refractivity contribution in [1.29, 1.82) is 0 Å². The lowest BCUT2D eigenvalue weighted by molar-refractivity contribution is -0.137. The molecule has 2 aromatic rings. The molecular formula is C25H28F3N3O4. The van der Waals surface area contributed by atoms with Crippen LogP contribution in [0.15, 0.2) is 48.7 Å². The molecule has 1 fully saturated rings. The number of ether oxygens (including phenoxy) is 1. The van der Waals surface area contributed by atoms with E-state index < -0.39 is 29.4 Å². The van der Waals surface area contributed by atoms with Gasteiger partial charge in [0.25, 0.3) is 0 Å². The van der Waals surface area contributed by atoms with E-state index in [4.69, 9.17) is 9.84 Å². The molecule has 35 heavy (non-hydrogen) atoms. The molecule has 1 saturated heterocycles. The van der Waals surface area contributed by atoms with E-state index in [2.05, 4.69) is 9.88 Å². The van der Waals surface area contributed by atoms with Crippen molar-refractivity contribution in [2.75, 3.05) is 18.0 Å². The second-order valence-electron chi connectivity index (χ2n) is 9.34. The number of benzene rings is 1. The molecule has 7 nitrogen and oxygen atoms in total. The van der Waals surface area contributed by atoms with Gasteiger partial charge >= 0.3 is 18.2 Å². The Balaban J connectivity index is 1.76. The van der Waals surface area contributed by atoms with Gasteiger partial charge in [-0.2, -0.15) is 13.2 Å². The van der Waals surface area contributed by atoms with Gasteiger partial charge < -0.3 is 9.84 Å². The Labute approximate surface area is 201 Å². The van der Waals surface area contributed by atoms with Crippen molar-refractivity contribution in [3.63, 3.8) is 0 Å². The highest BCUT2D eigenvalue weighted by Gasteiger charge is 2.35. The predicted octanol–water partition coefficient (Wildman–Crippen LogP) is 5.21. The molecule has 1 atom stereocenters. The van der Waals surface area contributed by atoms with Crippen LogP contribution in [-0.2, 0) is 22.3 Å². The number of hydrogen-bond donors (Lipinski definition) is 1. The second-order valence-corrected chi connectivity index (χ2v) is 9.34. The molecule has 1 aromatic heterocycles. The molecule has 0 unspecified atom stereocenters. The number of nitrogens with zero attached hydrogens (tertiary/aromatic N) is 3. The van der Waals surface area contributed by atoms with Crippen LogP contribution in [0.4, 0.5) is 23.8 Å². The van der Waals surface area contributed by atoms with Gasteiger partial charge in [0.2, 0.25) is 0 Å². The Bertz CT molecular complexity index is 1060. The first-order valence-corrected chi connectivity index (χ1v) is 11.1. The van der Waals surface area contributed by atoms with E-state index in [1.54, 1.807) is 32.9 Å². The summed E-state index contributed by atoms with van der Waals surface area (Å²) in [6.45, 7) is 6.88. The summed E-state index contributed by atoms with van der Waals surface area (Å²) in [6, 6.07) is 8.10. The van der Waals surface area contributed by atoms with Crippen molar-refractivity contribution in [1.82, 2.24) is 9.88 Å². The molecule has 1 amide bonds. The fourth-order valence-corrected chi connectivity index (χ4v) is 3.77. The summed E-state index contributed by atoms with van der Waals surface area (Å²) in [5.74, 6) is -0.711. The minimum absolute atomic E-state index is 0.257. The molecule has 10 heteroatoms. The Morgan fingerprint density at radius 1 is 1.17 bits per heavy atom. The quantitative estimate of drug-likeness (QED) is 0.559. The van der Waals surface area contributed by atoms with Gasteiger partial charge in [-0.3, -0.25) is 9.80 Å². The fourth-order valence-electron chi connectivity index (χ4n) is 3.77. The lowest BCUT2D eigenvalue weighted by Gasteiger charge is -2.31. The van der Waals surface area contributed by atoms with Crippen LogP contribution in [0.25, 0.3) is 6.08 Å². The van der Waals surface area contributed by atoms with Gasteiger partial charge in [0.15, 0.2) is 0 Å². The lowest BCUT2D eigenvalue weighted by Crippen LogP contribution is -2.45. The van der Waals surface area contributed by atoms with Crippen LogP contribution in [-0.4, -0.2) is 51.8 Å². The number of carboxylic acid groups (broad SMARTS) is 1. The number of amides is 1. The topological polar surface area (TPSA) is 83.0 Å². The third-order valence-electron chi connectivity index (χ3n) is 5.33. The summed E-state index contributed by atoms with van der Waals surface area (Å²) in [6.07, 6.45) is -0.433. The summed E-state index contributed by atoms with van der Waals surface area (Å²) in [5, 5.41) is 8.79. The van der Waals surface area contributed by atoms with Gasteiger partial charge in [0, 0.05) is 31.9 Å². The van der Waals surface area contributed by atoms with E-state index in [9.17, 15) is 22.8 Å². The third-order valence-corrected chi connectivity index (χ3v) is 5.33. The fraction of sp³-hybridized carbons (Fsp3) is 0.400. The monoisotopic (exact) mass is 491 g/mol. The number of alkyl halides is 3. The molecule has 0 radical (unpaired) electrons. The van der Waals surface area contributed by atoms with E-state index in [0.717, 1.165) is 23.8 Å². The number of rotatable bonds is 6. The Hall–Kier alpha value is -3.40. The van der Waals surface area contributed by atoms with Crippen molar-refractivity contribution in [3.8, 4) is 0 Å². The van der Waals surface area contributed by atoms with Crippen LogP contribution >= 0.6 is 0 Å². The summed E-state index contributed by atoms with van der Waals surface area (Å²) in [5.41, 5.74) is -0.104. The van der Waals surface area contributed by atoms with Gasteiger partial charge in [0.1, 0.15) is 11.4 Å². The largest absolute Gasteiger partial charge is 0.478 e. The molecular weight excluding hydrogens is 463 g/mol. The average molecular weight is 492 g/mol. The van der Waals surface area contributed by atoms with Gasteiger partial charge in [-0.15, -0.1) is 0 Å². The first-order valence-electron chi connectivity index (χ1n) is 11.1. The SMILES string of the molecule is CC(C)(C)OC(=O)N(c1ccc(/C=C/C(=O)O)cn1)[C@@H]1CCN(Cc2ccc(C(F)(F)F)cc2)C1. The van der Waals surface area contributed by atoms with Crippen molar-refractivity contribution in [3.05, 3.63) is 65.4 Å². The highest BCUT2D eigenvalue weighted by Crippen LogP contribution is 2.30. The molecule has 2 heterocycles. The zero-order chi connectivity index (χ0) is 25.8. The third kappa shape index (κ3) is 7.54. The minimum atomic E-state index is -4.38. The van der Waals surface area contributed by atoms with Crippen LogP contribution in [0.1, 0.15) is 43.9 Å². The number of aromatic nitrogens is 1. The van der Waals surface area contributed by atoms with Crippen LogP contribution < -0.4 is 4.90 Å². The zero-order valence-electron chi connectivity index (χ0n) is 19.7. The average Bonchev–Trinajstić information content (AvgIpc) is 3.19. The van der Waals surface area contributed by atoms with Crippen molar-refractivity contribution in [2.24, 2.45) is 0 Å². The standard InChI is InChI=1S/C25H28F3N3O4/c1-24(2,3)35-23(34)31(21-10-6-17(14-29-21)7-11-22(32)33)20-12-13-30(16-20)15-18-4-8-19(9-5-18)25(26,27)28/h4-11,14,20H,12-13,15-16H2,1-3H3,(H,32,33)/b11-7+/t20-/m1/s1. The molecule has 0 spiro atoms. The Morgan fingerprint density at radius 2 is 1.86 bits per heavy atom. The lowest BCUT2D eigenvalue weighted by atomic mass is 10.1. The number of anilines is 1.